The van der Waals surface area contributed by atoms with Crippen LogP contribution in [0.4, 0.5) is 0 Å². The van der Waals surface area contributed by atoms with Gasteiger partial charge in [0.2, 0.25) is 0 Å². The van der Waals surface area contributed by atoms with Crippen molar-refractivity contribution >= 4 is 35.1 Å². The maximum Gasteiger partial charge on any atom is 0.329 e. The van der Waals surface area contributed by atoms with Crippen molar-refractivity contribution in [2.24, 2.45) is 0 Å². The number of carboxylic acids is 1. The van der Waals surface area contributed by atoms with E-state index in [0.717, 1.165) is 0 Å². The van der Waals surface area contributed by atoms with Crippen molar-refractivity contribution in [1.29, 1.82) is 0 Å². The number of aliphatic carboxylic acids is 1. The number of ether oxygens (including phenoxy) is 1. The third-order valence-electron chi connectivity index (χ3n) is 3.26. The van der Waals surface area contributed by atoms with Gasteiger partial charge in [0.1, 0.15) is 11.3 Å². The number of carboxylic acid groups (broad SMARTS) is 1. The number of carbonyl (C=O) groups is 2. The highest BCUT2D eigenvalue weighted by Gasteiger charge is 2.36. The molecule has 0 fully saturated rings. The minimum Gasteiger partial charge on any atom is -0.484 e. The second-order valence-corrected chi connectivity index (χ2v) is 5.32. The Balaban J connectivity index is 2.65. The highest BCUT2D eigenvalue weighted by Crippen LogP contribution is 2.26. The zero-order valence-corrected chi connectivity index (χ0v) is 13.3. The Bertz CT molecular complexity index is 530. The maximum absolute atomic E-state index is 11.8. The molecule has 116 valence electrons. The first-order chi connectivity index (χ1) is 9.84. The maximum atomic E-state index is 11.8. The molecule has 0 aromatic heterocycles. The van der Waals surface area contributed by atoms with E-state index in [1.165, 1.54) is 6.07 Å². The first-order valence-electron chi connectivity index (χ1n) is 6.47. The molecule has 2 N–H and O–H groups in total. The van der Waals surface area contributed by atoms with Crippen molar-refractivity contribution in [1.82, 2.24) is 5.32 Å². The Labute approximate surface area is 133 Å². The van der Waals surface area contributed by atoms with E-state index in [1.807, 2.05) is 0 Å². The molecule has 1 rings (SSSR count). The van der Waals surface area contributed by atoms with Gasteiger partial charge in [-0.25, -0.2) is 4.79 Å². The summed E-state index contributed by atoms with van der Waals surface area (Å²) < 4.78 is 5.27. The molecule has 1 amide bonds. The summed E-state index contributed by atoms with van der Waals surface area (Å²) >= 11 is 11.6. The van der Waals surface area contributed by atoms with Crippen LogP contribution in [0.15, 0.2) is 18.2 Å². The van der Waals surface area contributed by atoms with Gasteiger partial charge in [0.15, 0.2) is 6.61 Å². The van der Waals surface area contributed by atoms with E-state index >= 15 is 0 Å². The minimum atomic E-state index is -1.27. The summed E-state index contributed by atoms with van der Waals surface area (Å²) in [6, 6.07) is 4.61. The van der Waals surface area contributed by atoms with Crippen molar-refractivity contribution in [2.45, 2.75) is 32.2 Å². The number of benzene rings is 1. The van der Waals surface area contributed by atoms with Crippen molar-refractivity contribution in [2.75, 3.05) is 6.61 Å². The standard InChI is InChI=1S/C14H17Cl2NO4/c1-3-14(4-2,13(19)20)17-12(18)8-21-9-5-6-10(15)11(16)7-9/h5-7H,3-4,8H2,1-2H3,(H,17,18)(H,19,20). The van der Waals surface area contributed by atoms with Gasteiger partial charge in [-0.2, -0.15) is 0 Å². The Hall–Kier alpha value is -1.46. The number of hydrogen-bond acceptors (Lipinski definition) is 3. The van der Waals surface area contributed by atoms with E-state index in [-0.39, 0.29) is 19.4 Å². The van der Waals surface area contributed by atoms with Crippen molar-refractivity contribution < 1.29 is 19.4 Å². The summed E-state index contributed by atoms with van der Waals surface area (Å²) in [4.78, 5) is 23.1. The molecular formula is C14H17Cl2NO4. The number of hydrogen-bond donors (Lipinski definition) is 2. The van der Waals surface area contributed by atoms with E-state index in [4.69, 9.17) is 27.9 Å². The van der Waals surface area contributed by atoms with Crippen LogP contribution < -0.4 is 10.1 Å². The number of carbonyl (C=O) groups excluding carboxylic acids is 1. The summed E-state index contributed by atoms with van der Waals surface area (Å²) in [5.41, 5.74) is -1.27. The number of amides is 1. The van der Waals surface area contributed by atoms with Gasteiger partial charge in [-0.05, 0) is 25.0 Å². The molecule has 0 spiro atoms. The third kappa shape index (κ3) is 4.51. The van der Waals surface area contributed by atoms with Crippen LogP contribution in [0.2, 0.25) is 10.0 Å². The van der Waals surface area contributed by atoms with Crippen LogP contribution in [0.5, 0.6) is 5.75 Å². The largest absolute Gasteiger partial charge is 0.484 e. The predicted molar refractivity (Wildman–Crippen MR) is 81.0 cm³/mol. The Morgan fingerprint density at radius 1 is 1.24 bits per heavy atom. The highest BCUT2D eigenvalue weighted by atomic mass is 35.5. The third-order valence-corrected chi connectivity index (χ3v) is 4.00. The van der Waals surface area contributed by atoms with Gasteiger partial charge in [-0.3, -0.25) is 4.79 Å². The number of nitrogens with one attached hydrogen (secondary N) is 1. The number of halogens is 2. The fourth-order valence-corrected chi connectivity index (χ4v) is 2.09. The average molecular weight is 334 g/mol. The zero-order chi connectivity index (χ0) is 16.0. The van der Waals surface area contributed by atoms with E-state index in [0.29, 0.717) is 15.8 Å². The summed E-state index contributed by atoms with van der Waals surface area (Å²) in [5.74, 6) is -1.18. The van der Waals surface area contributed by atoms with Gasteiger partial charge >= 0.3 is 5.97 Å². The molecule has 1 aromatic carbocycles. The molecule has 0 aliphatic heterocycles. The molecule has 0 bridgehead atoms. The second kappa shape index (κ2) is 7.52. The van der Waals surface area contributed by atoms with Crippen LogP contribution in [0.25, 0.3) is 0 Å². The second-order valence-electron chi connectivity index (χ2n) is 4.51. The van der Waals surface area contributed by atoms with Crippen LogP contribution in [-0.4, -0.2) is 29.1 Å². The van der Waals surface area contributed by atoms with E-state index in [9.17, 15) is 14.7 Å². The topological polar surface area (TPSA) is 75.6 Å². The molecule has 0 saturated heterocycles. The molecular weight excluding hydrogens is 317 g/mol. The molecule has 0 unspecified atom stereocenters. The molecule has 0 aliphatic carbocycles. The molecule has 5 nitrogen and oxygen atoms in total. The van der Waals surface area contributed by atoms with Crippen LogP contribution >= 0.6 is 23.2 Å². The van der Waals surface area contributed by atoms with Crippen molar-refractivity contribution in [3.63, 3.8) is 0 Å². The lowest BCUT2D eigenvalue weighted by Crippen LogP contribution is -2.54. The lowest BCUT2D eigenvalue weighted by Gasteiger charge is -2.27. The van der Waals surface area contributed by atoms with E-state index in [1.54, 1.807) is 26.0 Å². The van der Waals surface area contributed by atoms with Gasteiger partial charge in [0, 0.05) is 6.07 Å². The van der Waals surface area contributed by atoms with Crippen LogP contribution in [0, 0.1) is 0 Å². The van der Waals surface area contributed by atoms with Gasteiger partial charge in [-0.15, -0.1) is 0 Å². The highest BCUT2D eigenvalue weighted by molar-refractivity contribution is 6.42. The van der Waals surface area contributed by atoms with Gasteiger partial charge < -0.3 is 15.2 Å². The fourth-order valence-electron chi connectivity index (χ4n) is 1.80. The summed E-state index contributed by atoms with van der Waals surface area (Å²) in [6.07, 6.45) is 0.578. The number of rotatable bonds is 7. The quantitative estimate of drug-likeness (QED) is 0.803. The fraction of sp³-hybridized carbons (Fsp3) is 0.429. The molecule has 7 heteroatoms. The molecule has 1 aromatic rings. The molecule has 0 atom stereocenters. The summed E-state index contributed by atoms with van der Waals surface area (Å²) in [5, 5.41) is 12.4. The Kier molecular flexibility index (Phi) is 6.30. The van der Waals surface area contributed by atoms with Crippen molar-refractivity contribution in [3.8, 4) is 5.75 Å². The van der Waals surface area contributed by atoms with Crippen molar-refractivity contribution in [3.05, 3.63) is 28.2 Å². The first-order valence-corrected chi connectivity index (χ1v) is 7.22. The van der Waals surface area contributed by atoms with Crippen LogP contribution in [-0.2, 0) is 9.59 Å². The normalized spacial score (nSPS) is 11.0. The van der Waals surface area contributed by atoms with Gasteiger partial charge in [0.05, 0.1) is 10.0 Å². The Morgan fingerprint density at radius 3 is 2.33 bits per heavy atom. The van der Waals surface area contributed by atoms with Crippen LogP contribution in [0.1, 0.15) is 26.7 Å². The van der Waals surface area contributed by atoms with Gasteiger partial charge in [0.25, 0.3) is 5.91 Å². The zero-order valence-electron chi connectivity index (χ0n) is 11.8. The predicted octanol–water partition coefficient (Wildman–Crippen LogP) is 3.13. The van der Waals surface area contributed by atoms with E-state index in [2.05, 4.69) is 5.32 Å². The minimum absolute atomic E-state index is 0.289. The molecule has 0 heterocycles. The summed E-state index contributed by atoms with van der Waals surface area (Å²) in [6.45, 7) is 3.11. The van der Waals surface area contributed by atoms with Gasteiger partial charge in [-0.1, -0.05) is 37.0 Å². The molecule has 0 saturated carbocycles. The molecule has 0 radical (unpaired) electrons. The van der Waals surface area contributed by atoms with E-state index < -0.39 is 17.4 Å². The average Bonchev–Trinajstić information content (AvgIpc) is 2.45. The smallest absolute Gasteiger partial charge is 0.329 e. The molecule has 21 heavy (non-hydrogen) atoms. The van der Waals surface area contributed by atoms with Crippen LogP contribution in [0.3, 0.4) is 0 Å². The summed E-state index contributed by atoms with van der Waals surface area (Å²) in [7, 11) is 0. The lowest BCUT2D eigenvalue weighted by atomic mass is 9.93. The first kappa shape index (κ1) is 17.6. The Morgan fingerprint density at radius 2 is 1.86 bits per heavy atom. The lowest BCUT2D eigenvalue weighted by molar-refractivity contribution is -0.148. The monoisotopic (exact) mass is 333 g/mol. The molecule has 0 aliphatic rings. The SMILES string of the molecule is CCC(CC)(NC(=O)COc1ccc(Cl)c(Cl)c1)C(=O)O.